The summed E-state index contributed by atoms with van der Waals surface area (Å²) >= 11 is 0. The molecule has 0 aromatic heterocycles. The van der Waals surface area contributed by atoms with Gasteiger partial charge in [-0.05, 0) is 6.42 Å². The van der Waals surface area contributed by atoms with Gasteiger partial charge in [-0.3, -0.25) is 4.79 Å². The Hall–Kier alpha value is -1.07. The van der Waals surface area contributed by atoms with E-state index >= 15 is 0 Å². The van der Waals surface area contributed by atoms with Gasteiger partial charge in [0, 0.05) is 6.42 Å². The number of alkyl halides is 3. The van der Waals surface area contributed by atoms with Crippen molar-refractivity contribution in [3.8, 4) is 0 Å². The lowest BCUT2D eigenvalue weighted by Crippen LogP contribution is -2.27. The highest BCUT2D eigenvalue weighted by Gasteiger charge is 2.42. The van der Waals surface area contributed by atoms with E-state index in [0.29, 0.717) is 6.42 Å². The van der Waals surface area contributed by atoms with E-state index in [0.717, 1.165) is 25.7 Å². The van der Waals surface area contributed by atoms with Crippen LogP contribution < -0.4 is 0 Å². The van der Waals surface area contributed by atoms with Gasteiger partial charge in [-0.2, -0.15) is 13.2 Å². The van der Waals surface area contributed by atoms with Gasteiger partial charge < -0.3 is 4.74 Å². The van der Waals surface area contributed by atoms with Crippen molar-refractivity contribution in [1.82, 2.24) is 0 Å². The second-order valence-electron chi connectivity index (χ2n) is 6.96. The molecule has 0 saturated heterocycles. The molecule has 0 N–H and O–H groups in total. The smallest absolute Gasteiger partial charge is 0.386 e. The normalized spacial score (nSPS) is 11.5. The first kappa shape index (κ1) is 24.9. The molecule has 0 atom stereocenters. The number of esters is 2. The van der Waals surface area contributed by atoms with Crippen LogP contribution in [0.15, 0.2) is 0 Å². The van der Waals surface area contributed by atoms with Crippen LogP contribution in [0, 0.1) is 0 Å². The average molecular weight is 380 g/mol. The number of halogens is 3. The molecule has 0 spiro atoms. The lowest BCUT2D eigenvalue weighted by molar-refractivity contribution is -0.201. The summed E-state index contributed by atoms with van der Waals surface area (Å²) in [7, 11) is 0. The van der Waals surface area contributed by atoms with E-state index < -0.39 is 18.1 Å². The Morgan fingerprint density at radius 1 is 0.654 bits per heavy atom. The first-order chi connectivity index (χ1) is 12.4. The molecule has 0 fully saturated rings. The van der Waals surface area contributed by atoms with Crippen LogP contribution in [0.1, 0.15) is 110 Å². The van der Waals surface area contributed by atoms with Gasteiger partial charge >= 0.3 is 18.1 Å². The van der Waals surface area contributed by atoms with Crippen molar-refractivity contribution in [3.63, 3.8) is 0 Å². The van der Waals surface area contributed by atoms with Crippen molar-refractivity contribution in [2.75, 3.05) is 0 Å². The fraction of sp³-hybridized carbons (Fsp3) is 0.900. The Bertz CT molecular complexity index is 368. The van der Waals surface area contributed by atoms with E-state index in [-0.39, 0.29) is 6.42 Å². The third-order valence-electron chi connectivity index (χ3n) is 4.42. The van der Waals surface area contributed by atoms with E-state index in [1.165, 1.54) is 64.2 Å². The van der Waals surface area contributed by atoms with Crippen molar-refractivity contribution in [3.05, 3.63) is 0 Å². The summed E-state index contributed by atoms with van der Waals surface area (Å²) in [6, 6.07) is 0. The molecule has 0 aliphatic carbocycles. The molecule has 6 heteroatoms. The van der Waals surface area contributed by atoms with Crippen LogP contribution in [0.25, 0.3) is 0 Å². The van der Waals surface area contributed by atoms with E-state index in [2.05, 4.69) is 11.7 Å². The second-order valence-corrected chi connectivity index (χ2v) is 6.96. The fourth-order valence-electron chi connectivity index (χ4n) is 2.85. The molecule has 0 rings (SSSR count). The molecule has 0 aliphatic heterocycles. The quantitative estimate of drug-likeness (QED) is 0.166. The third kappa shape index (κ3) is 16.4. The minimum Gasteiger partial charge on any atom is -0.386 e. The molecule has 0 bridgehead atoms. The zero-order valence-corrected chi connectivity index (χ0v) is 16.2. The molecule has 0 unspecified atom stereocenters. The summed E-state index contributed by atoms with van der Waals surface area (Å²) in [5.41, 5.74) is 0. The topological polar surface area (TPSA) is 43.4 Å². The highest BCUT2D eigenvalue weighted by molar-refractivity contribution is 5.88. The maximum absolute atomic E-state index is 11.9. The van der Waals surface area contributed by atoms with Crippen LogP contribution >= 0.6 is 0 Å². The standard InChI is InChI=1S/C20H35F3O3/c1-2-3-4-5-6-7-8-9-10-11-12-13-14-15-16-17-18(24)26-19(25)20(21,22)23/h2-17H2,1H3. The van der Waals surface area contributed by atoms with Crippen molar-refractivity contribution in [2.45, 2.75) is 116 Å². The summed E-state index contributed by atoms with van der Waals surface area (Å²) < 4.78 is 39.4. The summed E-state index contributed by atoms with van der Waals surface area (Å²) in [6.45, 7) is 2.23. The van der Waals surface area contributed by atoms with Gasteiger partial charge in [-0.1, -0.05) is 96.8 Å². The molecule has 26 heavy (non-hydrogen) atoms. The molecule has 3 nitrogen and oxygen atoms in total. The monoisotopic (exact) mass is 380 g/mol. The van der Waals surface area contributed by atoms with Crippen LogP contribution in [0.3, 0.4) is 0 Å². The van der Waals surface area contributed by atoms with E-state index in [1.54, 1.807) is 0 Å². The lowest BCUT2D eigenvalue weighted by Gasteiger charge is -2.05. The summed E-state index contributed by atoms with van der Waals surface area (Å²) in [5.74, 6) is -3.52. The van der Waals surface area contributed by atoms with Gasteiger partial charge in [-0.25, -0.2) is 4.79 Å². The first-order valence-corrected chi connectivity index (χ1v) is 10.2. The van der Waals surface area contributed by atoms with Crippen LogP contribution in [0.2, 0.25) is 0 Å². The number of carbonyl (C=O) groups excluding carboxylic acids is 2. The largest absolute Gasteiger partial charge is 0.491 e. The molecule has 0 aromatic rings. The maximum atomic E-state index is 11.9. The summed E-state index contributed by atoms with van der Waals surface area (Å²) in [4.78, 5) is 21.6. The van der Waals surface area contributed by atoms with Gasteiger partial charge in [0.1, 0.15) is 0 Å². The number of unbranched alkanes of at least 4 members (excludes halogenated alkanes) is 14. The Labute approximate surface area is 156 Å². The fourth-order valence-corrected chi connectivity index (χ4v) is 2.85. The van der Waals surface area contributed by atoms with Crippen molar-refractivity contribution >= 4 is 11.9 Å². The predicted octanol–water partition coefficient (Wildman–Crippen LogP) is 6.88. The molecular weight excluding hydrogens is 345 g/mol. The van der Waals surface area contributed by atoms with Gasteiger partial charge in [0.05, 0.1) is 0 Å². The van der Waals surface area contributed by atoms with Crippen molar-refractivity contribution in [2.24, 2.45) is 0 Å². The molecule has 0 saturated carbocycles. The van der Waals surface area contributed by atoms with E-state index in [9.17, 15) is 22.8 Å². The number of hydrogen-bond acceptors (Lipinski definition) is 3. The molecule has 0 aromatic carbocycles. The zero-order chi connectivity index (χ0) is 19.7. The van der Waals surface area contributed by atoms with Gasteiger partial charge in [-0.15, -0.1) is 0 Å². The molecular formula is C20H35F3O3. The SMILES string of the molecule is CCCCCCCCCCCCCCCCCC(=O)OC(=O)C(F)(F)F. The third-order valence-corrected chi connectivity index (χ3v) is 4.42. The first-order valence-electron chi connectivity index (χ1n) is 10.2. The van der Waals surface area contributed by atoms with E-state index in [4.69, 9.17) is 0 Å². The predicted molar refractivity (Wildman–Crippen MR) is 96.7 cm³/mol. The van der Waals surface area contributed by atoms with Crippen LogP contribution in [0.5, 0.6) is 0 Å². The number of ether oxygens (including phenoxy) is 1. The van der Waals surface area contributed by atoms with Crippen LogP contribution in [0.4, 0.5) is 13.2 Å². The van der Waals surface area contributed by atoms with Gasteiger partial charge in [0.2, 0.25) is 0 Å². The highest BCUT2D eigenvalue weighted by atomic mass is 19.4. The molecule has 0 aliphatic rings. The van der Waals surface area contributed by atoms with E-state index in [1.807, 2.05) is 0 Å². The molecule has 0 heterocycles. The zero-order valence-electron chi connectivity index (χ0n) is 16.2. The molecule has 154 valence electrons. The summed E-state index contributed by atoms with van der Waals surface area (Å²) in [6.07, 6.45) is 12.4. The summed E-state index contributed by atoms with van der Waals surface area (Å²) in [5, 5.41) is 0. The van der Waals surface area contributed by atoms with Gasteiger partial charge in [0.15, 0.2) is 0 Å². The molecule has 0 radical (unpaired) electrons. The van der Waals surface area contributed by atoms with Gasteiger partial charge in [0.25, 0.3) is 0 Å². The van der Waals surface area contributed by atoms with Crippen molar-refractivity contribution in [1.29, 1.82) is 0 Å². The minimum atomic E-state index is -5.11. The van der Waals surface area contributed by atoms with Crippen LogP contribution in [-0.2, 0) is 14.3 Å². The highest BCUT2D eigenvalue weighted by Crippen LogP contribution is 2.17. The Kier molecular flexibility index (Phi) is 15.5. The number of rotatable bonds is 16. The Balaban J connectivity index is 3.27. The minimum absolute atomic E-state index is 0.139. The lowest BCUT2D eigenvalue weighted by atomic mass is 10.0. The van der Waals surface area contributed by atoms with Crippen LogP contribution in [-0.4, -0.2) is 18.1 Å². The number of carbonyl (C=O) groups is 2. The maximum Gasteiger partial charge on any atom is 0.491 e. The molecule has 0 amide bonds. The average Bonchev–Trinajstić information content (AvgIpc) is 2.57. The Morgan fingerprint density at radius 3 is 1.35 bits per heavy atom. The second kappa shape index (κ2) is 16.1. The number of hydrogen-bond donors (Lipinski definition) is 0. The van der Waals surface area contributed by atoms with Crippen molar-refractivity contribution < 1.29 is 27.5 Å². The Morgan fingerprint density at radius 2 is 1.00 bits per heavy atom.